The quantitative estimate of drug-likeness (QED) is 0.924. The van der Waals surface area contributed by atoms with Crippen molar-refractivity contribution in [2.45, 2.75) is 46.6 Å². The number of anilines is 2. The first kappa shape index (κ1) is 17.4. The maximum atomic E-state index is 12.8. The summed E-state index contributed by atoms with van der Waals surface area (Å²) in [6.45, 7) is 9.64. The third-order valence-corrected chi connectivity index (χ3v) is 4.69. The van der Waals surface area contributed by atoms with Crippen molar-refractivity contribution in [3.05, 3.63) is 29.8 Å². The number of hydrogen-bond acceptors (Lipinski definition) is 5. The van der Waals surface area contributed by atoms with E-state index in [9.17, 15) is 4.79 Å². The number of amides is 1. The van der Waals surface area contributed by atoms with E-state index in [-0.39, 0.29) is 17.9 Å². The molecular formula is C18H26N6O. The van der Waals surface area contributed by atoms with Gasteiger partial charge in [0.1, 0.15) is 0 Å². The van der Waals surface area contributed by atoms with Gasteiger partial charge in [0.15, 0.2) is 0 Å². The highest BCUT2D eigenvalue weighted by atomic mass is 16.2. The number of nitrogens with zero attached hydrogens (tertiary/aromatic N) is 5. The lowest BCUT2D eigenvalue weighted by Gasteiger charge is -2.31. The largest absolute Gasteiger partial charge is 0.340 e. The summed E-state index contributed by atoms with van der Waals surface area (Å²) in [5.74, 6) is 0.675. The van der Waals surface area contributed by atoms with Gasteiger partial charge in [-0.2, -0.15) is 5.10 Å². The van der Waals surface area contributed by atoms with Crippen molar-refractivity contribution in [3.8, 4) is 0 Å². The van der Waals surface area contributed by atoms with Crippen LogP contribution in [-0.2, 0) is 4.79 Å². The summed E-state index contributed by atoms with van der Waals surface area (Å²) < 4.78 is 1.95. The first-order valence-electron chi connectivity index (χ1n) is 8.86. The van der Waals surface area contributed by atoms with Gasteiger partial charge >= 0.3 is 0 Å². The molecule has 7 nitrogen and oxygen atoms in total. The maximum absolute atomic E-state index is 12.8. The molecule has 1 aliphatic heterocycles. The average molecular weight is 342 g/mol. The van der Waals surface area contributed by atoms with Crippen LogP contribution in [0.1, 0.15) is 44.1 Å². The third-order valence-electron chi connectivity index (χ3n) is 4.69. The Hall–Kier alpha value is -2.44. The number of aromatic nitrogens is 4. The Morgan fingerprint density at radius 3 is 2.64 bits per heavy atom. The minimum Gasteiger partial charge on any atom is -0.340 e. The molecule has 134 valence electrons. The molecule has 0 saturated carbocycles. The van der Waals surface area contributed by atoms with Gasteiger partial charge in [0.2, 0.25) is 11.9 Å². The second-order valence-electron chi connectivity index (χ2n) is 6.91. The molecule has 1 saturated heterocycles. The number of rotatable bonds is 4. The summed E-state index contributed by atoms with van der Waals surface area (Å²) in [6.07, 6.45) is 5.31. The van der Waals surface area contributed by atoms with Crippen LogP contribution in [0.2, 0.25) is 0 Å². The molecule has 0 aromatic carbocycles. The summed E-state index contributed by atoms with van der Waals surface area (Å²) in [5, 5.41) is 7.65. The Balaban J connectivity index is 1.71. The molecule has 1 N–H and O–H groups in total. The van der Waals surface area contributed by atoms with Gasteiger partial charge in [-0.3, -0.25) is 9.48 Å². The van der Waals surface area contributed by atoms with E-state index in [2.05, 4.69) is 39.1 Å². The molecule has 1 atom stereocenters. The second-order valence-corrected chi connectivity index (χ2v) is 6.91. The van der Waals surface area contributed by atoms with Crippen LogP contribution in [0, 0.1) is 19.8 Å². The van der Waals surface area contributed by atoms with E-state index in [0.29, 0.717) is 12.5 Å². The molecule has 0 unspecified atom stereocenters. The maximum Gasteiger partial charge on any atom is 0.229 e. The Morgan fingerprint density at radius 2 is 2.00 bits per heavy atom. The molecule has 0 spiro atoms. The fraction of sp³-hybridized carbons (Fsp3) is 0.556. The smallest absolute Gasteiger partial charge is 0.229 e. The van der Waals surface area contributed by atoms with Gasteiger partial charge in [0, 0.05) is 31.5 Å². The summed E-state index contributed by atoms with van der Waals surface area (Å²) >= 11 is 0. The van der Waals surface area contributed by atoms with Gasteiger partial charge in [-0.15, -0.1) is 0 Å². The summed E-state index contributed by atoms with van der Waals surface area (Å²) in [7, 11) is 0. The minimum absolute atomic E-state index is 0.0511. The van der Waals surface area contributed by atoms with Gasteiger partial charge in [-0.05, 0) is 46.6 Å². The first-order chi connectivity index (χ1) is 12.0. The van der Waals surface area contributed by atoms with Crippen molar-refractivity contribution < 1.29 is 4.79 Å². The predicted molar refractivity (Wildman–Crippen MR) is 97.7 cm³/mol. The van der Waals surface area contributed by atoms with Crippen LogP contribution in [0.5, 0.6) is 0 Å². The number of piperidine rings is 1. The fourth-order valence-electron chi connectivity index (χ4n) is 3.40. The molecule has 0 aliphatic carbocycles. The van der Waals surface area contributed by atoms with Crippen LogP contribution in [0.25, 0.3) is 0 Å². The van der Waals surface area contributed by atoms with E-state index in [0.717, 1.165) is 36.5 Å². The van der Waals surface area contributed by atoms with Crippen molar-refractivity contribution in [1.29, 1.82) is 0 Å². The SMILES string of the molecule is Cc1nn(C(C)C)c(C)c1NC(=O)[C@H]1CCCN(c2ncccn2)C1. The molecule has 1 amide bonds. The Morgan fingerprint density at radius 1 is 1.28 bits per heavy atom. The van der Waals surface area contributed by atoms with E-state index in [1.807, 2.05) is 18.5 Å². The molecule has 25 heavy (non-hydrogen) atoms. The third kappa shape index (κ3) is 3.65. The highest BCUT2D eigenvalue weighted by Gasteiger charge is 2.28. The predicted octanol–water partition coefficient (Wildman–Crippen LogP) is 2.73. The van der Waals surface area contributed by atoms with Gasteiger partial charge in [-0.25, -0.2) is 9.97 Å². The van der Waals surface area contributed by atoms with Crippen molar-refractivity contribution in [2.75, 3.05) is 23.3 Å². The van der Waals surface area contributed by atoms with Gasteiger partial charge in [-0.1, -0.05) is 0 Å². The van der Waals surface area contributed by atoms with Crippen LogP contribution < -0.4 is 10.2 Å². The lowest BCUT2D eigenvalue weighted by atomic mass is 9.97. The van der Waals surface area contributed by atoms with Crippen LogP contribution >= 0.6 is 0 Å². The second kappa shape index (κ2) is 7.21. The number of hydrogen-bond donors (Lipinski definition) is 1. The molecule has 0 bridgehead atoms. The molecule has 7 heteroatoms. The van der Waals surface area contributed by atoms with Crippen molar-refractivity contribution in [1.82, 2.24) is 19.7 Å². The topological polar surface area (TPSA) is 75.9 Å². The summed E-state index contributed by atoms with van der Waals surface area (Å²) in [6, 6.07) is 2.07. The van der Waals surface area contributed by atoms with Gasteiger partial charge in [0.05, 0.1) is 23.0 Å². The minimum atomic E-state index is -0.0706. The fourth-order valence-corrected chi connectivity index (χ4v) is 3.40. The summed E-state index contributed by atoms with van der Waals surface area (Å²) in [5.41, 5.74) is 2.70. The lowest BCUT2D eigenvalue weighted by molar-refractivity contribution is -0.120. The number of nitrogens with one attached hydrogen (secondary N) is 1. The molecule has 3 heterocycles. The molecular weight excluding hydrogens is 316 g/mol. The molecule has 1 fully saturated rings. The van der Waals surface area contributed by atoms with Crippen molar-refractivity contribution >= 4 is 17.5 Å². The van der Waals surface area contributed by atoms with E-state index in [4.69, 9.17) is 0 Å². The number of aryl methyl sites for hydroxylation is 1. The van der Waals surface area contributed by atoms with Crippen LogP contribution in [0.15, 0.2) is 18.5 Å². The number of carbonyl (C=O) groups excluding carboxylic acids is 1. The Labute approximate surface area is 148 Å². The first-order valence-corrected chi connectivity index (χ1v) is 8.86. The van der Waals surface area contributed by atoms with Crippen LogP contribution in [-0.4, -0.2) is 38.7 Å². The van der Waals surface area contributed by atoms with Crippen LogP contribution in [0.4, 0.5) is 11.6 Å². The van der Waals surface area contributed by atoms with E-state index in [1.165, 1.54) is 0 Å². The monoisotopic (exact) mass is 342 g/mol. The molecule has 1 aliphatic rings. The van der Waals surface area contributed by atoms with Crippen molar-refractivity contribution in [3.63, 3.8) is 0 Å². The Bertz CT molecular complexity index is 740. The number of carbonyl (C=O) groups is 1. The lowest BCUT2D eigenvalue weighted by Crippen LogP contribution is -2.41. The van der Waals surface area contributed by atoms with Gasteiger partial charge < -0.3 is 10.2 Å². The molecule has 0 radical (unpaired) electrons. The van der Waals surface area contributed by atoms with Crippen LogP contribution in [0.3, 0.4) is 0 Å². The zero-order valence-electron chi connectivity index (χ0n) is 15.4. The highest BCUT2D eigenvalue weighted by molar-refractivity contribution is 5.94. The molecule has 3 rings (SSSR count). The standard InChI is InChI=1S/C18H26N6O/c1-12(2)24-14(4)16(13(3)22-24)21-17(25)15-7-5-10-23(11-15)18-19-8-6-9-20-18/h6,8-9,12,15H,5,7,10-11H2,1-4H3,(H,21,25)/t15-/m0/s1. The molecule has 2 aromatic rings. The zero-order chi connectivity index (χ0) is 18.0. The average Bonchev–Trinajstić information content (AvgIpc) is 2.91. The van der Waals surface area contributed by atoms with E-state index in [1.54, 1.807) is 18.5 Å². The summed E-state index contributed by atoms with van der Waals surface area (Å²) in [4.78, 5) is 23.5. The van der Waals surface area contributed by atoms with E-state index >= 15 is 0 Å². The molecule has 2 aromatic heterocycles. The van der Waals surface area contributed by atoms with Gasteiger partial charge in [0.25, 0.3) is 0 Å². The normalized spacial score (nSPS) is 17.8. The van der Waals surface area contributed by atoms with Crippen molar-refractivity contribution in [2.24, 2.45) is 5.92 Å². The zero-order valence-corrected chi connectivity index (χ0v) is 15.4. The van der Waals surface area contributed by atoms with E-state index < -0.39 is 0 Å². The Kier molecular flexibility index (Phi) is 5.01. The highest BCUT2D eigenvalue weighted by Crippen LogP contribution is 2.25.